The van der Waals surface area contributed by atoms with Gasteiger partial charge in [-0.1, -0.05) is 0 Å². The van der Waals surface area contributed by atoms with Gasteiger partial charge in [0.15, 0.2) is 0 Å². The molecule has 1 saturated heterocycles. The minimum absolute atomic E-state index is 0.215. The number of nitrogens with zero attached hydrogens (tertiary/aromatic N) is 1. The van der Waals surface area contributed by atoms with Crippen molar-refractivity contribution in [2.75, 3.05) is 33.3 Å². The molecule has 1 rings (SSSR count). The standard InChI is InChI=1S/C10H23N3O3S/c1-13(8-3-6-11)17(14,15)12-7-5-10-4-2-9-16-10/h10,12H,2-9,11H2,1H3. The van der Waals surface area contributed by atoms with Gasteiger partial charge in [0.1, 0.15) is 0 Å². The van der Waals surface area contributed by atoms with Crippen molar-refractivity contribution in [3.05, 3.63) is 0 Å². The van der Waals surface area contributed by atoms with Crippen LogP contribution in [0.2, 0.25) is 0 Å². The summed E-state index contributed by atoms with van der Waals surface area (Å²) in [5.74, 6) is 0. The summed E-state index contributed by atoms with van der Waals surface area (Å²) >= 11 is 0. The van der Waals surface area contributed by atoms with Crippen molar-refractivity contribution in [1.82, 2.24) is 9.03 Å². The highest BCUT2D eigenvalue weighted by Crippen LogP contribution is 2.14. The van der Waals surface area contributed by atoms with Gasteiger partial charge in [-0.25, -0.2) is 4.72 Å². The van der Waals surface area contributed by atoms with Crippen LogP contribution in [0, 0.1) is 0 Å². The number of ether oxygens (including phenoxy) is 1. The highest BCUT2D eigenvalue weighted by molar-refractivity contribution is 7.87. The summed E-state index contributed by atoms with van der Waals surface area (Å²) < 4.78 is 32.8. The van der Waals surface area contributed by atoms with E-state index in [1.807, 2.05) is 0 Å². The SMILES string of the molecule is CN(CCCN)S(=O)(=O)NCCC1CCCO1. The largest absolute Gasteiger partial charge is 0.378 e. The molecule has 102 valence electrons. The molecule has 0 aromatic heterocycles. The van der Waals surface area contributed by atoms with Crippen LogP contribution in [0.15, 0.2) is 0 Å². The lowest BCUT2D eigenvalue weighted by Crippen LogP contribution is -2.40. The highest BCUT2D eigenvalue weighted by atomic mass is 32.2. The van der Waals surface area contributed by atoms with Gasteiger partial charge in [-0.15, -0.1) is 0 Å². The minimum atomic E-state index is -3.35. The van der Waals surface area contributed by atoms with Crippen LogP contribution in [-0.2, 0) is 14.9 Å². The second-order valence-corrected chi connectivity index (χ2v) is 6.15. The fourth-order valence-corrected chi connectivity index (χ4v) is 2.73. The molecule has 0 aromatic rings. The molecule has 1 fully saturated rings. The maximum Gasteiger partial charge on any atom is 0.279 e. The molecule has 0 saturated carbocycles. The third-order valence-corrected chi connectivity index (χ3v) is 4.43. The molecule has 1 heterocycles. The molecule has 1 aliphatic rings. The Morgan fingerprint density at radius 1 is 1.53 bits per heavy atom. The lowest BCUT2D eigenvalue weighted by atomic mass is 10.2. The summed E-state index contributed by atoms with van der Waals surface area (Å²) in [7, 11) is -1.79. The second-order valence-electron chi connectivity index (χ2n) is 4.29. The molecular weight excluding hydrogens is 242 g/mol. The van der Waals surface area contributed by atoms with E-state index in [9.17, 15) is 8.42 Å². The lowest BCUT2D eigenvalue weighted by Gasteiger charge is -2.18. The number of rotatable bonds is 8. The van der Waals surface area contributed by atoms with E-state index >= 15 is 0 Å². The Morgan fingerprint density at radius 2 is 2.29 bits per heavy atom. The zero-order chi connectivity index (χ0) is 12.7. The second kappa shape index (κ2) is 7.27. The molecule has 3 N–H and O–H groups in total. The van der Waals surface area contributed by atoms with E-state index in [1.54, 1.807) is 7.05 Å². The van der Waals surface area contributed by atoms with E-state index in [4.69, 9.17) is 10.5 Å². The summed E-state index contributed by atoms with van der Waals surface area (Å²) in [4.78, 5) is 0. The number of nitrogens with one attached hydrogen (secondary N) is 1. The topological polar surface area (TPSA) is 84.7 Å². The van der Waals surface area contributed by atoms with Gasteiger partial charge in [-0.3, -0.25) is 0 Å². The summed E-state index contributed by atoms with van der Waals surface area (Å²) in [5, 5.41) is 0. The molecule has 0 aliphatic carbocycles. The Morgan fingerprint density at radius 3 is 2.88 bits per heavy atom. The van der Waals surface area contributed by atoms with Gasteiger partial charge >= 0.3 is 0 Å². The van der Waals surface area contributed by atoms with Crippen molar-refractivity contribution >= 4 is 10.2 Å². The van der Waals surface area contributed by atoms with Crippen molar-refractivity contribution in [3.8, 4) is 0 Å². The smallest absolute Gasteiger partial charge is 0.279 e. The van der Waals surface area contributed by atoms with Crippen molar-refractivity contribution in [3.63, 3.8) is 0 Å². The van der Waals surface area contributed by atoms with Crippen molar-refractivity contribution < 1.29 is 13.2 Å². The summed E-state index contributed by atoms with van der Waals surface area (Å²) in [6.45, 7) is 2.18. The van der Waals surface area contributed by atoms with Crippen LogP contribution in [-0.4, -0.2) is 52.1 Å². The van der Waals surface area contributed by atoms with Crippen molar-refractivity contribution in [2.24, 2.45) is 5.73 Å². The first-order chi connectivity index (χ1) is 8.06. The van der Waals surface area contributed by atoms with Crippen LogP contribution in [0.1, 0.15) is 25.7 Å². The lowest BCUT2D eigenvalue weighted by molar-refractivity contribution is 0.105. The van der Waals surface area contributed by atoms with Crippen LogP contribution < -0.4 is 10.5 Å². The molecule has 1 aliphatic heterocycles. The van der Waals surface area contributed by atoms with E-state index in [2.05, 4.69) is 4.72 Å². The van der Waals surface area contributed by atoms with Gasteiger partial charge in [-0.05, 0) is 32.2 Å². The first-order valence-electron chi connectivity index (χ1n) is 6.09. The maximum atomic E-state index is 11.7. The van der Waals surface area contributed by atoms with E-state index in [-0.39, 0.29) is 6.10 Å². The van der Waals surface area contributed by atoms with E-state index < -0.39 is 10.2 Å². The van der Waals surface area contributed by atoms with Gasteiger partial charge in [-0.2, -0.15) is 12.7 Å². The summed E-state index contributed by atoms with van der Waals surface area (Å²) in [6, 6.07) is 0. The molecular formula is C10H23N3O3S. The van der Waals surface area contributed by atoms with Gasteiger partial charge in [0.05, 0.1) is 6.10 Å². The fraction of sp³-hybridized carbons (Fsp3) is 1.00. The molecule has 1 atom stereocenters. The van der Waals surface area contributed by atoms with Crippen LogP contribution in [0.4, 0.5) is 0 Å². The third kappa shape index (κ3) is 5.31. The van der Waals surface area contributed by atoms with E-state index in [0.29, 0.717) is 26.1 Å². The minimum Gasteiger partial charge on any atom is -0.378 e. The monoisotopic (exact) mass is 265 g/mol. The zero-order valence-electron chi connectivity index (χ0n) is 10.4. The van der Waals surface area contributed by atoms with Gasteiger partial charge in [0, 0.05) is 26.7 Å². The quantitative estimate of drug-likeness (QED) is 0.629. The van der Waals surface area contributed by atoms with Gasteiger partial charge in [0.25, 0.3) is 10.2 Å². The predicted octanol–water partition coefficient (Wildman–Crippen LogP) is -0.329. The predicted molar refractivity (Wildman–Crippen MR) is 66.8 cm³/mol. The maximum absolute atomic E-state index is 11.7. The van der Waals surface area contributed by atoms with Crippen LogP contribution in [0.5, 0.6) is 0 Å². The molecule has 0 radical (unpaired) electrons. The zero-order valence-corrected chi connectivity index (χ0v) is 11.2. The summed E-state index contributed by atoms with van der Waals surface area (Å²) in [6.07, 6.45) is 3.73. The number of hydrogen-bond acceptors (Lipinski definition) is 4. The van der Waals surface area contributed by atoms with Gasteiger partial charge in [0.2, 0.25) is 0 Å². The molecule has 6 nitrogen and oxygen atoms in total. The van der Waals surface area contributed by atoms with Crippen LogP contribution >= 0.6 is 0 Å². The molecule has 0 bridgehead atoms. The van der Waals surface area contributed by atoms with E-state index in [1.165, 1.54) is 4.31 Å². The Balaban J connectivity index is 2.23. The molecule has 1 unspecified atom stereocenters. The Hall–Kier alpha value is -0.210. The molecule has 0 amide bonds. The van der Waals surface area contributed by atoms with Crippen LogP contribution in [0.25, 0.3) is 0 Å². The Kier molecular flexibility index (Phi) is 6.35. The fourth-order valence-electron chi connectivity index (χ4n) is 1.77. The summed E-state index contributed by atoms with van der Waals surface area (Å²) in [5.41, 5.74) is 5.34. The number of nitrogens with two attached hydrogens (primary N) is 1. The average Bonchev–Trinajstić information content (AvgIpc) is 2.78. The first-order valence-corrected chi connectivity index (χ1v) is 7.53. The molecule has 0 spiro atoms. The highest BCUT2D eigenvalue weighted by Gasteiger charge is 2.19. The van der Waals surface area contributed by atoms with Crippen LogP contribution in [0.3, 0.4) is 0 Å². The Bertz CT molecular complexity index is 302. The van der Waals surface area contributed by atoms with Gasteiger partial charge < -0.3 is 10.5 Å². The molecule has 7 heteroatoms. The van der Waals surface area contributed by atoms with E-state index in [0.717, 1.165) is 25.9 Å². The normalized spacial score (nSPS) is 21.2. The Labute approximate surface area is 104 Å². The number of hydrogen-bond donors (Lipinski definition) is 2. The first kappa shape index (κ1) is 14.8. The average molecular weight is 265 g/mol. The van der Waals surface area contributed by atoms with Crippen molar-refractivity contribution in [1.29, 1.82) is 0 Å². The van der Waals surface area contributed by atoms with Crippen molar-refractivity contribution in [2.45, 2.75) is 31.8 Å². The molecule has 0 aromatic carbocycles. The molecule has 17 heavy (non-hydrogen) atoms. The third-order valence-electron chi connectivity index (χ3n) is 2.86.